The van der Waals surface area contributed by atoms with E-state index in [-0.39, 0.29) is 30.6 Å². The van der Waals surface area contributed by atoms with Gasteiger partial charge >= 0.3 is 6.36 Å². The molecule has 2 heterocycles. The monoisotopic (exact) mass is 521 g/mol. The Labute approximate surface area is 208 Å². The van der Waals surface area contributed by atoms with Gasteiger partial charge in [-0.2, -0.15) is 5.10 Å². The summed E-state index contributed by atoms with van der Waals surface area (Å²) in [6.07, 6.45) is -4.88. The van der Waals surface area contributed by atoms with Crippen LogP contribution in [0.15, 0.2) is 42.5 Å². The summed E-state index contributed by atoms with van der Waals surface area (Å²) in [4.78, 5) is 39.6. The molecule has 0 aliphatic carbocycles. The molecule has 1 saturated heterocycles. The van der Waals surface area contributed by atoms with Crippen molar-refractivity contribution in [1.29, 1.82) is 0 Å². The lowest BCUT2D eigenvalue weighted by atomic mass is 10.0. The number of halogens is 4. The van der Waals surface area contributed by atoms with E-state index in [2.05, 4.69) is 15.2 Å². The van der Waals surface area contributed by atoms with Crippen LogP contribution < -0.4 is 15.8 Å². The standard InChI is InChI=1S/C24H23F4N5O4/c1-12-10-17(23(36)30-15-7-5-9-18(20(15)25)37-24(26,27)28)33(13(12)2)19(34)11-32-16-8-4-3-6-14(16)21(31-32)22(29)35/h3-9,12-13,17H,10-11H2,1-2H3,(H2,29,35)(H,30,36)/t12-,13+,17-/m0/s1. The Bertz CT molecular complexity index is 1370. The highest BCUT2D eigenvalue weighted by Gasteiger charge is 2.43. The van der Waals surface area contributed by atoms with Crippen molar-refractivity contribution in [2.24, 2.45) is 11.7 Å². The van der Waals surface area contributed by atoms with Crippen LogP contribution in [0.4, 0.5) is 23.2 Å². The number of rotatable bonds is 6. The van der Waals surface area contributed by atoms with E-state index in [9.17, 15) is 31.9 Å². The number of alkyl halides is 3. The van der Waals surface area contributed by atoms with Crippen molar-refractivity contribution in [3.05, 3.63) is 54.0 Å². The number of fused-ring (bicyclic) bond motifs is 1. The number of benzene rings is 2. The van der Waals surface area contributed by atoms with Crippen LogP contribution >= 0.6 is 0 Å². The van der Waals surface area contributed by atoms with Crippen molar-refractivity contribution in [3.63, 3.8) is 0 Å². The molecular weight excluding hydrogens is 498 g/mol. The maximum Gasteiger partial charge on any atom is 0.573 e. The summed E-state index contributed by atoms with van der Waals surface area (Å²) in [5.74, 6) is -4.62. The van der Waals surface area contributed by atoms with Gasteiger partial charge in [0.05, 0.1) is 11.2 Å². The molecule has 2 aromatic carbocycles. The first-order chi connectivity index (χ1) is 17.4. The van der Waals surface area contributed by atoms with Gasteiger partial charge in [0.2, 0.25) is 11.8 Å². The van der Waals surface area contributed by atoms with Crippen LogP contribution in [-0.4, -0.2) is 50.8 Å². The van der Waals surface area contributed by atoms with Crippen LogP contribution in [0.3, 0.4) is 0 Å². The first-order valence-electron chi connectivity index (χ1n) is 11.3. The molecule has 1 aromatic heterocycles. The molecule has 4 rings (SSSR count). The third-order valence-electron chi connectivity index (χ3n) is 6.41. The third-order valence-corrected chi connectivity index (χ3v) is 6.41. The summed E-state index contributed by atoms with van der Waals surface area (Å²) in [6.45, 7) is 3.28. The Morgan fingerprint density at radius 2 is 1.84 bits per heavy atom. The minimum Gasteiger partial charge on any atom is -0.403 e. The van der Waals surface area contributed by atoms with Crippen molar-refractivity contribution >= 4 is 34.3 Å². The van der Waals surface area contributed by atoms with Crippen LogP contribution in [0.25, 0.3) is 10.9 Å². The maximum atomic E-state index is 14.6. The Kier molecular flexibility index (Phi) is 6.80. The fourth-order valence-electron chi connectivity index (χ4n) is 4.52. The van der Waals surface area contributed by atoms with Crippen molar-refractivity contribution in [1.82, 2.24) is 14.7 Å². The van der Waals surface area contributed by atoms with Gasteiger partial charge < -0.3 is 20.7 Å². The number of hydrogen-bond donors (Lipinski definition) is 2. The molecule has 0 spiro atoms. The van der Waals surface area contributed by atoms with E-state index >= 15 is 0 Å². The van der Waals surface area contributed by atoms with E-state index in [4.69, 9.17) is 5.73 Å². The third kappa shape index (κ3) is 5.20. The minimum absolute atomic E-state index is 0.00281. The van der Waals surface area contributed by atoms with Gasteiger partial charge in [-0.25, -0.2) is 4.39 Å². The van der Waals surface area contributed by atoms with Crippen LogP contribution in [0, 0.1) is 11.7 Å². The first-order valence-corrected chi connectivity index (χ1v) is 11.3. The summed E-state index contributed by atoms with van der Waals surface area (Å²) < 4.78 is 57.2. The average molecular weight is 521 g/mol. The number of nitrogens with two attached hydrogens (primary N) is 1. The number of carbonyl (C=O) groups excluding carboxylic acids is 3. The number of ether oxygens (including phenoxy) is 1. The highest BCUT2D eigenvalue weighted by Crippen LogP contribution is 2.33. The molecule has 0 radical (unpaired) electrons. The fourth-order valence-corrected chi connectivity index (χ4v) is 4.52. The molecule has 1 aliphatic heterocycles. The lowest BCUT2D eigenvalue weighted by Gasteiger charge is -2.28. The quantitative estimate of drug-likeness (QED) is 0.482. The predicted molar refractivity (Wildman–Crippen MR) is 124 cm³/mol. The summed E-state index contributed by atoms with van der Waals surface area (Å²) in [7, 11) is 0. The number of carbonyl (C=O) groups is 3. The smallest absolute Gasteiger partial charge is 0.403 e. The molecule has 13 heteroatoms. The summed E-state index contributed by atoms with van der Waals surface area (Å²) in [6, 6.07) is 8.27. The topological polar surface area (TPSA) is 120 Å². The zero-order valence-electron chi connectivity index (χ0n) is 19.8. The van der Waals surface area contributed by atoms with Gasteiger partial charge in [0.1, 0.15) is 12.6 Å². The molecule has 1 fully saturated rings. The Morgan fingerprint density at radius 3 is 2.51 bits per heavy atom. The van der Waals surface area contributed by atoms with Gasteiger partial charge in [-0.05, 0) is 37.5 Å². The second kappa shape index (κ2) is 9.71. The van der Waals surface area contributed by atoms with E-state index < -0.39 is 47.4 Å². The van der Waals surface area contributed by atoms with E-state index in [1.807, 2.05) is 6.92 Å². The summed E-state index contributed by atoms with van der Waals surface area (Å²) in [5.41, 5.74) is 5.39. The molecule has 3 aromatic rings. The normalized spacial score (nSPS) is 19.7. The van der Waals surface area contributed by atoms with Gasteiger partial charge in [-0.1, -0.05) is 31.2 Å². The lowest BCUT2D eigenvalue weighted by Crippen LogP contribution is -2.47. The molecule has 0 bridgehead atoms. The number of nitrogens with zero attached hydrogens (tertiary/aromatic N) is 3. The fraction of sp³-hybridized carbons (Fsp3) is 0.333. The van der Waals surface area contributed by atoms with E-state index in [0.717, 1.165) is 18.2 Å². The van der Waals surface area contributed by atoms with Crippen molar-refractivity contribution in [2.45, 2.75) is 45.3 Å². The second-order valence-electron chi connectivity index (χ2n) is 8.81. The molecule has 0 saturated carbocycles. The number of hydrogen-bond acceptors (Lipinski definition) is 5. The predicted octanol–water partition coefficient (Wildman–Crippen LogP) is 3.44. The Balaban J connectivity index is 1.58. The number of primary amides is 1. The number of aromatic nitrogens is 2. The number of amides is 3. The van der Waals surface area contributed by atoms with Gasteiger partial charge in [-0.3, -0.25) is 19.1 Å². The maximum absolute atomic E-state index is 14.6. The van der Waals surface area contributed by atoms with Crippen molar-refractivity contribution in [2.75, 3.05) is 5.32 Å². The van der Waals surface area contributed by atoms with Crippen LogP contribution in [0.5, 0.6) is 5.75 Å². The number of nitrogens with one attached hydrogen (secondary N) is 1. The summed E-state index contributed by atoms with van der Waals surface area (Å²) >= 11 is 0. The summed E-state index contributed by atoms with van der Waals surface area (Å²) in [5, 5.41) is 6.92. The SMILES string of the molecule is C[C@@H]1[C@@H](C)C[C@@H](C(=O)Nc2cccc(OC(F)(F)F)c2F)N1C(=O)Cn1nc(C(N)=O)c2ccccc21. The Morgan fingerprint density at radius 1 is 1.14 bits per heavy atom. The average Bonchev–Trinajstić information content (AvgIpc) is 3.33. The molecule has 1 aliphatic rings. The molecule has 3 atom stereocenters. The first kappa shape index (κ1) is 25.9. The second-order valence-corrected chi connectivity index (χ2v) is 8.81. The van der Waals surface area contributed by atoms with Crippen LogP contribution in [-0.2, 0) is 16.1 Å². The van der Waals surface area contributed by atoms with Gasteiger partial charge in [-0.15, -0.1) is 13.2 Å². The molecule has 37 heavy (non-hydrogen) atoms. The Hall–Kier alpha value is -4.16. The number of anilines is 1. The largest absolute Gasteiger partial charge is 0.573 e. The highest BCUT2D eigenvalue weighted by molar-refractivity contribution is 6.04. The van der Waals surface area contributed by atoms with Crippen molar-refractivity contribution < 1.29 is 36.7 Å². The molecule has 9 nitrogen and oxygen atoms in total. The molecule has 196 valence electrons. The van der Waals surface area contributed by atoms with Gasteiger partial charge in [0.15, 0.2) is 17.3 Å². The number of para-hydroxylation sites is 1. The molecule has 3 N–H and O–H groups in total. The lowest BCUT2D eigenvalue weighted by molar-refractivity contribution is -0.275. The number of likely N-dealkylation sites (tertiary alicyclic amines) is 1. The molecule has 0 unspecified atom stereocenters. The van der Waals surface area contributed by atoms with Gasteiger partial charge in [0, 0.05) is 11.4 Å². The molecule has 3 amide bonds. The van der Waals surface area contributed by atoms with Crippen LogP contribution in [0.1, 0.15) is 30.8 Å². The zero-order chi connectivity index (χ0) is 27.1. The van der Waals surface area contributed by atoms with Crippen LogP contribution in [0.2, 0.25) is 0 Å². The van der Waals surface area contributed by atoms with E-state index in [0.29, 0.717) is 10.9 Å². The zero-order valence-corrected chi connectivity index (χ0v) is 19.8. The van der Waals surface area contributed by atoms with E-state index in [1.165, 1.54) is 9.58 Å². The van der Waals surface area contributed by atoms with E-state index in [1.54, 1.807) is 31.2 Å². The molecular formula is C24H23F4N5O4. The minimum atomic E-state index is -5.12. The highest BCUT2D eigenvalue weighted by atomic mass is 19.4. The van der Waals surface area contributed by atoms with Crippen molar-refractivity contribution in [3.8, 4) is 5.75 Å². The van der Waals surface area contributed by atoms with Gasteiger partial charge in [0.25, 0.3) is 5.91 Å².